The summed E-state index contributed by atoms with van der Waals surface area (Å²) < 4.78 is 23.3. The molecular formula is C18H24FN3O7. The Morgan fingerprint density at radius 1 is 1.28 bits per heavy atom. The fourth-order valence-corrected chi connectivity index (χ4v) is 2.02. The summed E-state index contributed by atoms with van der Waals surface area (Å²) in [7, 11) is 0. The van der Waals surface area contributed by atoms with Crippen molar-refractivity contribution in [2.45, 2.75) is 52.2 Å². The Balaban J connectivity index is 2.41. The van der Waals surface area contributed by atoms with E-state index in [1.165, 1.54) is 6.92 Å². The van der Waals surface area contributed by atoms with Gasteiger partial charge in [0, 0.05) is 24.7 Å². The van der Waals surface area contributed by atoms with Gasteiger partial charge < -0.3 is 20.1 Å². The van der Waals surface area contributed by atoms with Crippen LogP contribution < -0.4 is 10.6 Å². The average Bonchev–Trinajstić information content (AvgIpc) is 2.58. The summed E-state index contributed by atoms with van der Waals surface area (Å²) in [5.74, 6) is -2.43. The molecule has 0 radical (unpaired) electrons. The summed E-state index contributed by atoms with van der Waals surface area (Å²) in [5.41, 5.74) is -1.42. The molecule has 0 aliphatic rings. The summed E-state index contributed by atoms with van der Waals surface area (Å²) in [6.07, 6.45) is -1.55. The van der Waals surface area contributed by atoms with Crippen molar-refractivity contribution in [3.63, 3.8) is 0 Å². The molecule has 29 heavy (non-hydrogen) atoms. The maximum absolute atomic E-state index is 13.3. The molecule has 0 aliphatic carbocycles. The molecule has 1 atom stereocenters. The molecule has 0 saturated heterocycles. The van der Waals surface area contributed by atoms with Gasteiger partial charge in [0.25, 0.3) is 5.91 Å². The average molecular weight is 413 g/mol. The van der Waals surface area contributed by atoms with Crippen LogP contribution in [0.5, 0.6) is 0 Å². The van der Waals surface area contributed by atoms with Gasteiger partial charge in [0.15, 0.2) is 6.10 Å². The molecule has 0 saturated carbocycles. The van der Waals surface area contributed by atoms with Crippen LogP contribution in [0.25, 0.3) is 0 Å². The number of carbonyl (C=O) groups excluding carboxylic acids is 3. The van der Waals surface area contributed by atoms with E-state index < -0.39 is 46.1 Å². The van der Waals surface area contributed by atoms with Gasteiger partial charge in [-0.15, -0.1) is 0 Å². The number of rotatable bonds is 8. The molecule has 11 heteroatoms. The Labute approximate surface area is 166 Å². The number of alkyl carbamates (subject to hydrolysis) is 1. The molecule has 0 aromatic heterocycles. The predicted molar refractivity (Wildman–Crippen MR) is 101 cm³/mol. The van der Waals surface area contributed by atoms with Crippen LogP contribution in [0.2, 0.25) is 0 Å². The van der Waals surface area contributed by atoms with E-state index in [4.69, 9.17) is 9.47 Å². The molecule has 1 rings (SSSR count). The normalized spacial score (nSPS) is 11.9. The first kappa shape index (κ1) is 23.8. The molecule has 1 aromatic rings. The number of carbonyl (C=O) groups is 3. The monoisotopic (exact) mass is 413 g/mol. The Bertz CT molecular complexity index is 777. The second-order valence-electron chi connectivity index (χ2n) is 7.08. The third-order valence-corrected chi connectivity index (χ3v) is 3.31. The van der Waals surface area contributed by atoms with Crippen molar-refractivity contribution in [1.29, 1.82) is 0 Å². The Morgan fingerprint density at radius 3 is 2.52 bits per heavy atom. The van der Waals surface area contributed by atoms with E-state index >= 15 is 0 Å². The Morgan fingerprint density at radius 2 is 1.93 bits per heavy atom. The van der Waals surface area contributed by atoms with Gasteiger partial charge in [-0.2, -0.15) is 4.39 Å². The minimum Gasteiger partial charge on any atom is -0.453 e. The molecular weight excluding hydrogens is 389 g/mol. The van der Waals surface area contributed by atoms with Gasteiger partial charge in [-0.1, -0.05) is 0 Å². The summed E-state index contributed by atoms with van der Waals surface area (Å²) >= 11 is 0. The van der Waals surface area contributed by atoms with Crippen LogP contribution in [0.1, 0.15) is 40.5 Å². The number of halogens is 1. The standard InChI is InChI=1S/C18H24FN3O7/c1-11(16(24)21-12-7-8-13(19)14(10-12)22(26)27)28-15(23)6-5-9-20-17(25)29-18(2,3)4/h7-8,10-11H,5-6,9H2,1-4H3,(H,20,25)(H,21,24)/t11-/m0/s1. The van der Waals surface area contributed by atoms with Gasteiger partial charge in [0.05, 0.1) is 4.92 Å². The zero-order valence-corrected chi connectivity index (χ0v) is 16.6. The summed E-state index contributed by atoms with van der Waals surface area (Å²) in [5, 5.41) is 15.5. The van der Waals surface area contributed by atoms with Gasteiger partial charge in [-0.25, -0.2) is 4.79 Å². The highest BCUT2D eigenvalue weighted by atomic mass is 19.1. The van der Waals surface area contributed by atoms with Gasteiger partial charge in [0.1, 0.15) is 5.60 Å². The number of anilines is 1. The largest absolute Gasteiger partial charge is 0.453 e. The van der Waals surface area contributed by atoms with Crippen LogP contribution in [0, 0.1) is 15.9 Å². The topological polar surface area (TPSA) is 137 Å². The lowest BCUT2D eigenvalue weighted by Gasteiger charge is -2.19. The number of nitro benzene ring substituents is 1. The molecule has 10 nitrogen and oxygen atoms in total. The molecule has 0 fully saturated rings. The molecule has 0 spiro atoms. The Hall–Kier alpha value is -3.24. The zero-order valence-electron chi connectivity index (χ0n) is 16.6. The molecule has 0 bridgehead atoms. The van der Waals surface area contributed by atoms with E-state index in [0.29, 0.717) is 0 Å². The first-order chi connectivity index (χ1) is 13.4. The highest BCUT2D eigenvalue weighted by molar-refractivity contribution is 5.95. The Kier molecular flexibility index (Phi) is 8.49. The fourth-order valence-electron chi connectivity index (χ4n) is 2.02. The van der Waals surface area contributed by atoms with E-state index in [1.807, 2.05) is 0 Å². The molecule has 0 heterocycles. The summed E-state index contributed by atoms with van der Waals surface area (Å²) in [6.45, 7) is 6.68. The molecule has 1 aromatic carbocycles. The summed E-state index contributed by atoms with van der Waals surface area (Å²) in [6, 6.07) is 2.86. The molecule has 2 amide bonds. The minimum atomic E-state index is -1.18. The maximum Gasteiger partial charge on any atom is 0.407 e. The lowest BCUT2D eigenvalue weighted by Crippen LogP contribution is -2.33. The van der Waals surface area contributed by atoms with Crippen molar-refractivity contribution < 1.29 is 33.2 Å². The second kappa shape index (κ2) is 10.3. The summed E-state index contributed by atoms with van der Waals surface area (Å²) in [4.78, 5) is 45.1. The maximum atomic E-state index is 13.3. The number of hydrogen-bond acceptors (Lipinski definition) is 7. The number of nitro groups is 1. The first-order valence-corrected chi connectivity index (χ1v) is 8.80. The number of esters is 1. The van der Waals surface area contributed by atoms with E-state index in [2.05, 4.69) is 10.6 Å². The van der Waals surface area contributed by atoms with Crippen molar-refractivity contribution in [2.75, 3.05) is 11.9 Å². The smallest absolute Gasteiger partial charge is 0.407 e. The fraction of sp³-hybridized carbons (Fsp3) is 0.500. The van der Waals surface area contributed by atoms with E-state index in [0.717, 1.165) is 18.2 Å². The van der Waals surface area contributed by atoms with E-state index in [9.17, 15) is 28.9 Å². The van der Waals surface area contributed by atoms with Crippen LogP contribution >= 0.6 is 0 Å². The number of hydrogen-bond donors (Lipinski definition) is 2. The van der Waals surface area contributed by atoms with Crippen LogP contribution in [0.15, 0.2) is 18.2 Å². The van der Waals surface area contributed by atoms with Crippen LogP contribution in [0.3, 0.4) is 0 Å². The van der Waals surface area contributed by atoms with Gasteiger partial charge in [-0.05, 0) is 46.2 Å². The number of nitrogens with zero attached hydrogens (tertiary/aromatic N) is 1. The van der Waals surface area contributed by atoms with Crippen molar-refractivity contribution in [3.05, 3.63) is 34.1 Å². The lowest BCUT2D eigenvalue weighted by atomic mass is 10.2. The zero-order chi connectivity index (χ0) is 22.2. The van der Waals surface area contributed by atoms with Crippen LogP contribution in [-0.4, -0.2) is 41.1 Å². The number of ether oxygens (including phenoxy) is 2. The van der Waals surface area contributed by atoms with E-state index in [1.54, 1.807) is 20.8 Å². The minimum absolute atomic E-state index is 0.00689. The highest BCUT2D eigenvalue weighted by Crippen LogP contribution is 2.21. The predicted octanol–water partition coefficient (Wildman–Crippen LogP) is 2.91. The van der Waals surface area contributed by atoms with Crippen LogP contribution in [-0.2, 0) is 19.1 Å². The van der Waals surface area contributed by atoms with Crippen LogP contribution in [0.4, 0.5) is 20.6 Å². The number of amides is 2. The van der Waals surface area contributed by atoms with E-state index in [-0.39, 0.29) is 25.1 Å². The van der Waals surface area contributed by atoms with Crippen molar-refractivity contribution >= 4 is 29.3 Å². The third kappa shape index (κ3) is 9.00. The SMILES string of the molecule is C[C@H](OC(=O)CCCNC(=O)OC(C)(C)C)C(=O)Nc1ccc(F)c([N+](=O)[O-])c1. The van der Waals surface area contributed by atoms with Crippen molar-refractivity contribution in [3.8, 4) is 0 Å². The lowest BCUT2D eigenvalue weighted by molar-refractivity contribution is -0.387. The molecule has 0 unspecified atom stereocenters. The van der Waals surface area contributed by atoms with Gasteiger partial charge >= 0.3 is 17.7 Å². The molecule has 0 aliphatic heterocycles. The molecule has 2 N–H and O–H groups in total. The van der Waals surface area contributed by atoms with Crippen molar-refractivity contribution in [2.24, 2.45) is 0 Å². The second-order valence-corrected chi connectivity index (χ2v) is 7.08. The number of benzene rings is 1. The highest BCUT2D eigenvalue weighted by Gasteiger charge is 2.20. The number of nitrogens with one attached hydrogen (secondary N) is 2. The third-order valence-electron chi connectivity index (χ3n) is 3.31. The van der Waals surface area contributed by atoms with Gasteiger partial charge in [-0.3, -0.25) is 19.7 Å². The first-order valence-electron chi connectivity index (χ1n) is 8.80. The molecule has 160 valence electrons. The quantitative estimate of drug-likeness (QED) is 0.289. The van der Waals surface area contributed by atoms with Gasteiger partial charge in [0.2, 0.25) is 5.82 Å². The van der Waals surface area contributed by atoms with Crippen molar-refractivity contribution in [1.82, 2.24) is 5.32 Å².